The number of hydrogen-bond acceptors (Lipinski definition) is 5. The molecule has 0 aliphatic carbocycles. The number of benzene rings is 1. The topological polar surface area (TPSA) is 100 Å². The molecule has 4 N–H and O–H groups in total. The van der Waals surface area contributed by atoms with Gasteiger partial charge in [0.15, 0.2) is 5.84 Å². The summed E-state index contributed by atoms with van der Waals surface area (Å²) in [6, 6.07) is 5.27. The van der Waals surface area contributed by atoms with Gasteiger partial charge in [0.2, 0.25) is 5.91 Å². The lowest BCUT2D eigenvalue weighted by molar-refractivity contribution is -0.128. The number of hydrogen-bond donors (Lipinski definition) is 3. The highest BCUT2D eigenvalue weighted by Crippen LogP contribution is 2.20. The molecular formula is C14H20N4O3. The zero-order valence-corrected chi connectivity index (χ0v) is 12.2. The van der Waals surface area contributed by atoms with Crippen molar-refractivity contribution in [2.45, 2.75) is 19.0 Å². The molecule has 0 spiro atoms. The summed E-state index contributed by atoms with van der Waals surface area (Å²) in [5.41, 5.74) is 7.09. The Labute approximate surface area is 123 Å². The van der Waals surface area contributed by atoms with Crippen LogP contribution in [0.1, 0.15) is 17.5 Å². The van der Waals surface area contributed by atoms with Crippen LogP contribution in [0.2, 0.25) is 0 Å². The maximum Gasteiger partial charge on any atom is 0.239 e. The first kappa shape index (κ1) is 15.1. The number of oxime groups is 1. The van der Waals surface area contributed by atoms with Gasteiger partial charge in [0.05, 0.1) is 18.7 Å². The molecule has 1 fully saturated rings. The number of rotatable bonds is 5. The van der Waals surface area contributed by atoms with Crippen molar-refractivity contribution in [2.24, 2.45) is 10.9 Å². The predicted molar refractivity (Wildman–Crippen MR) is 78.4 cm³/mol. The Morgan fingerprint density at radius 2 is 2.38 bits per heavy atom. The van der Waals surface area contributed by atoms with Crippen LogP contribution in [0, 0.1) is 0 Å². The molecule has 0 radical (unpaired) electrons. The lowest BCUT2D eigenvalue weighted by Gasteiger charge is -2.14. The van der Waals surface area contributed by atoms with Gasteiger partial charge in [0, 0.05) is 20.1 Å². The number of carbonyl (C=O) groups is 1. The number of nitrogens with zero attached hydrogens (tertiary/aromatic N) is 2. The smallest absolute Gasteiger partial charge is 0.239 e. The van der Waals surface area contributed by atoms with Gasteiger partial charge < -0.3 is 25.9 Å². The van der Waals surface area contributed by atoms with E-state index in [1.807, 2.05) is 6.07 Å². The number of amidine groups is 1. The second-order valence-electron chi connectivity index (χ2n) is 5.00. The SMILES string of the molecule is COc1ccc(CNC2CCN(C)C2=O)cc1/C(N)=N/O. The van der Waals surface area contributed by atoms with Crippen molar-refractivity contribution < 1.29 is 14.7 Å². The molecule has 1 unspecified atom stereocenters. The molecular weight excluding hydrogens is 272 g/mol. The Hall–Kier alpha value is -2.28. The van der Waals surface area contributed by atoms with Gasteiger partial charge in [-0.05, 0) is 24.1 Å². The molecule has 1 aliphatic heterocycles. The van der Waals surface area contributed by atoms with E-state index in [2.05, 4.69) is 10.5 Å². The van der Waals surface area contributed by atoms with Crippen LogP contribution in [0.15, 0.2) is 23.4 Å². The maximum absolute atomic E-state index is 11.8. The third kappa shape index (κ3) is 3.25. The van der Waals surface area contributed by atoms with Crippen molar-refractivity contribution in [1.29, 1.82) is 0 Å². The number of carbonyl (C=O) groups excluding carboxylic acids is 1. The summed E-state index contributed by atoms with van der Waals surface area (Å²) in [5.74, 6) is 0.635. The Morgan fingerprint density at radius 3 is 2.95 bits per heavy atom. The van der Waals surface area contributed by atoms with Gasteiger partial charge >= 0.3 is 0 Å². The van der Waals surface area contributed by atoms with Gasteiger partial charge in [-0.25, -0.2) is 0 Å². The molecule has 1 saturated heterocycles. The molecule has 21 heavy (non-hydrogen) atoms. The van der Waals surface area contributed by atoms with Crippen LogP contribution < -0.4 is 15.8 Å². The molecule has 1 amide bonds. The minimum absolute atomic E-state index is 0.00891. The summed E-state index contributed by atoms with van der Waals surface area (Å²) in [5, 5.41) is 15.0. The van der Waals surface area contributed by atoms with Crippen molar-refractivity contribution in [3.05, 3.63) is 29.3 Å². The molecule has 1 atom stereocenters. The lowest BCUT2D eigenvalue weighted by Crippen LogP contribution is -2.36. The molecule has 2 rings (SSSR count). The van der Waals surface area contributed by atoms with E-state index in [1.54, 1.807) is 24.1 Å². The fourth-order valence-corrected chi connectivity index (χ4v) is 2.37. The maximum atomic E-state index is 11.8. The Morgan fingerprint density at radius 1 is 1.62 bits per heavy atom. The number of nitrogens with one attached hydrogen (secondary N) is 1. The molecule has 7 nitrogen and oxygen atoms in total. The van der Waals surface area contributed by atoms with Gasteiger partial charge in [-0.1, -0.05) is 11.2 Å². The van der Waals surface area contributed by atoms with E-state index < -0.39 is 0 Å². The minimum atomic E-state index is -0.149. The third-order valence-corrected chi connectivity index (χ3v) is 3.63. The highest BCUT2D eigenvalue weighted by molar-refractivity contribution is 5.99. The largest absolute Gasteiger partial charge is 0.496 e. The average molecular weight is 292 g/mol. The molecule has 1 aromatic carbocycles. The number of likely N-dealkylation sites (N-methyl/N-ethyl adjacent to an activating group) is 1. The Balaban J connectivity index is 2.09. The van der Waals surface area contributed by atoms with Crippen LogP contribution in [0.5, 0.6) is 5.75 Å². The Bertz CT molecular complexity index is 559. The minimum Gasteiger partial charge on any atom is -0.496 e. The fourth-order valence-electron chi connectivity index (χ4n) is 2.37. The lowest BCUT2D eigenvalue weighted by atomic mass is 10.1. The predicted octanol–water partition coefficient (Wildman–Crippen LogP) is 0.110. The van der Waals surface area contributed by atoms with Crippen molar-refractivity contribution in [1.82, 2.24) is 10.2 Å². The van der Waals surface area contributed by atoms with Crippen LogP contribution in [0.3, 0.4) is 0 Å². The average Bonchev–Trinajstić information content (AvgIpc) is 2.83. The first-order chi connectivity index (χ1) is 10.1. The van der Waals surface area contributed by atoms with Gasteiger partial charge in [0.1, 0.15) is 5.75 Å². The number of nitrogens with two attached hydrogens (primary N) is 1. The zero-order chi connectivity index (χ0) is 15.4. The van der Waals surface area contributed by atoms with E-state index in [4.69, 9.17) is 15.7 Å². The van der Waals surface area contributed by atoms with Crippen LogP contribution in [0.4, 0.5) is 0 Å². The second kappa shape index (κ2) is 6.45. The summed E-state index contributed by atoms with van der Waals surface area (Å²) in [6.07, 6.45) is 0.804. The number of amides is 1. The highest BCUT2D eigenvalue weighted by Gasteiger charge is 2.28. The summed E-state index contributed by atoms with van der Waals surface area (Å²) in [4.78, 5) is 13.5. The van der Waals surface area contributed by atoms with E-state index in [-0.39, 0.29) is 17.8 Å². The second-order valence-corrected chi connectivity index (χ2v) is 5.00. The molecule has 114 valence electrons. The number of methoxy groups -OCH3 is 1. The monoisotopic (exact) mass is 292 g/mol. The summed E-state index contributed by atoms with van der Waals surface area (Å²) in [7, 11) is 3.32. The normalized spacial score (nSPS) is 19.1. The van der Waals surface area contributed by atoms with Crippen LogP contribution in [0.25, 0.3) is 0 Å². The van der Waals surface area contributed by atoms with Crippen LogP contribution >= 0.6 is 0 Å². The molecule has 7 heteroatoms. The third-order valence-electron chi connectivity index (χ3n) is 3.63. The number of ether oxygens (including phenoxy) is 1. The Kier molecular flexibility index (Phi) is 4.64. The quantitative estimate of drug-likeness (QED) is 0.309. The first-order valence-corrected chi connectivity index (χ1v) is 6.70. The highest BCUT2D eigenvalue weighted by atomic mass is 16.5. The summed E-state index contributed by atoms with van der Waals surface area (Å²) >= 11 is 0. The molecule has 0 bridgehead atoms. The molecule has 1 aromatic rings. The van der Waals surface area contributed by atoms with Crippen molar-refractivity contribution in [3.8, 4) is 5.75 Å². The molecule has 0 aromatic heterocycles. The van der Waals surface area contributed by atoms with E-state index in [9.17, 15) is 4.79 Å². The van der Waals surface area contributed by atoms with E-state index in [0.717, 1.165) is 18.5 Å². The summed E-state index contributed by atoms with van der Waals surface area (Å²) < 4.78 is 5.18. The fraction of sp³-hybridized carbons (Fsp3) is 0.429. The van der Waals surface area contributed by atoms with Crippen molar-refractivity contribution in [2.75, 3.05) is 20.7 Å². The number of likely N-dealkylation sites (tertiary alicyclic amines) is 1. The van der Waals surface area contributed by atoms with E-state index >= 15 is 0 Å². The first-order valence-electron chi connectivity index (χ1n) is 6.70. The van der Waals surface area contributed by atoms with E-state index in [1.165, 1.54) is 7.11 Å². The van der Waals surface area contributed by atoms with Crippen molar-refractivity contribution in [3.63, 3.8) is 0 Å². The van der Waals surface area contributed by atoms with E-state index in [0.29, 0.717) is 17.9 Å². The summed E-state index contributed by atoms with van der Waals surface area (Å²) in [6.45, 7) is 1.30. The van der Waals surface area contributed by atoms with Crippen LogP contribution in [-0.4, -0.2) is 48.6 Å². The van der Waals surface area contributed by atoms with Gasteiger partial charge in [0.25, 0.3) is 0 Å². The van der Waals surface area contributed by atoms with Gasteiger partial charge in [-0.3, -0.25) is 4.79 Å². The molecule has 0 saturated carbocycles. The molecule has 1 heterocycles. The van der Waals surface area contributed by atoms with Crippen LogP contribution in [-0.2, 0) is 11.3 Å². The van der Waals surface area contributed by atoms with Gasteiger partial charge in [-0.2, -0.15) is 0 Å². The van der Waals surface area contributed by atoms with Crippen molar-refractivity contribution >= 4 is 11.7 Å². The molecule has 1 aliphatic rings. The standard InChI is InChI=1S/C14H20N4O3/c1-18-6-5-11(14(18)19)16-8-9-3-4-12(21-2)10(7-9)13(15)17-20/h3-4,7,11,16,20H,5-6,8H2,1-2H3,(H2,15,17). The zero-order valence-electron chi connectivity index (χ0n) is 12.2. The van der Waals surface area contributed by atoms with Gasteiger partial charge in [-0.15, -0.1) is 0 Å².